The van der Waals surface area contributed by atoms with Crippen LogP contribution in [-0.2, 0) is 6.54 Å². The zero-order valence-electron chi connectivity index (χ0n) is 14.2. The first kappa shape index (κ1) is 15.5. The van der Waals surface area contributed by atoms with Crippen LogP contribution >= 0.6 is 0 Å². The van der Waals surface area contributed by atoms with Crippen molar-refractivity contribution in [2.45, 2.75) is 19.6 Å². The molecule has 4 rings (SSSR count). The number of hydrogen-bond acceptors (Lipinski definition) is 5. The summed E-state index contributed by atoms with van der Waals surface area (Å²) in [4.78, 5) is 4.56. The predicted molar refractivity (Wildman–Crippen MR) is 92.2 cm³/mol. The predicted octanol–water partition coefficient (Wildman–Crippen LogP) is 3.16. The Morgan fingerprint density at radius 3 is 2.64 bits per heavy atom. The summed E-state index contributed by atoms with van der Waals surface area (Å²) in [5.41, 5.74) is 1.11. The first-order valence-electron chi connectivity index (χ1n) is 8.15. The minimum Gasteiger partial charge on any atom is -0.497 e. The Balaban J connectivity index is 1.59. The van der Waals surface area contributed by atoms with E-state index >= 15 is 0 Å². The lowest BCUT2D eigenvalue weighted by Gasteiger charge is -2.26. The molecule has 0 saturated carbocycles. The number of nitrogens with zero attached hydrogens (tertiary/aromatic N) is 3. The molecule has 6 heteroatoms. The number of aromatic nitrogens is 3. The Morgan fingerprint density at radius 1 is 1.12 bits per heavy atom. The van der Waals surface area contributed by atoms with Crippen molar-refractivity contribution in [2.75, 3.05) is 13.7 Å². The molecular formula is C19H19N3O3. The largest absolute Gasteiger partial charge is 0.497 e. The normalized spacial score (nSPS) is 15.8. The number of aryl methyl sites for hydroxylation is 1. The molecule has 0 radical (unpaired) electrons. The maximum Gasteiger partial charge on any atom is 0.192 e. The zero-order valence-corrected chi connectivity index (χ0v) is 14.2. The van der Waals surface area contributed by atoms with E-state index in [4.69, 9.17) is 14.2 Å². The Bertz CT molecular complexity index is 874. The van der Waals surface area contributed by atoms with Crippen LogP contribution in [0, 0.1) is 6.92 Å². The van der Waals surface area contributed by atoms with E-state index in [1.807, 2.05) is 60.1 Å². The number of rotatable bonds is 4. The molecule has 1 atom stereocenters. The van der Waals surface area contributed by atoms with Crippen molar-refractivity contribution >= 4 is 0 Å². The highest BCUT2D eigenvalue weighted by molar-refractivity contribution is 5.41. The van der Waals surface area contributed by atoms with Crippen LogP contribution < -0.4 is 14.2 Å². The smallest absolute Gasteiger partial charge is 0.192 e. The summed E-state index contributed by atoms with van der Waals surface area (Å²) in [7, 11) is 1.66. The van der Waals surface area contributed by atoms with Crippen LogP contribution in [-0.4, -0.2) is 28.5 Å². The molecule has 128 valence electrons. The Morgan fingerprint density at radius 2 is 1.88 bits per heavy atom. The molecule has 1 aliphatic rings. The van der Waals surface area contributed by atoms with Crippen LogP contribution in [0.3, 0.4) is 0 Å². The minimum absolute atomic E-state index is 0.283. The zero-order chi connectivity index (χ0) is 17.2. The van der Waals surface area contributed by atoms with Crippen molar-refractivity contribution in [3.8, 4) is 17.2 Å². The van der Waals surface area contributed by atoms with E-state index in [1.165, 1.54) is 0 Å². The SMILES string of the molecule is COc1ccc(Cn2nc(C)nc2C2COc3ccccc3O2)cc1. The maximum absolute atomic E-state index is 6.08. The number of fused-ring (bicyclic) bond motifs is 1. The quantitative estimate of drug-likeness (QED) is 0.732. The number of methoxy groups -OCH3 is 1. The van der Waals surface area contributed by atoms with Crippen LogP contribution in [0.15, 0.2) is 48.5 Å². The highest BCUT2D eigenvalue weighted by atomic mass is 16.6. The third-order valence-electron chi connectivity index (χ3n) is 4.09. The molecule has 2 heterocycles. The van der Waals surface area contributed by atoms with Gasteiger partial charge in [0, 0.05) is 0 Å². The summed E-state index contributed by atoms with van der Waals surface area (Å²) in [6.07, 6.45) is -0.283. The molecule has 0 saturated heterocycles. The van der Waals surface area contributed by atoms with Crippen LogP contribution in [0.2, 0.25) is 0 Å². The second kappa shape index (κ2) is 6.47. The lowest BCUT2D eigenvalue weighted by atomic mass is 10.2. The molecule has 0 fully saturated rings. The summed E-state index contributed by atoms with van der Waals surface area (Å²) in [5, 5.41) is 4.52. The van der Waals surface area contributed by atoms with Crippen molar-refractivity contribution in [1.82, 2.24) is 14.8 Å². The van der Waals surface area contributed by atoms with Gasteiger partial charge in [-0.05, 0) is 36.8 Å². The fraction of sp³-hybridized carbons (Fsp3) is 0.263. The molecule has 6 nitrogen and oxygen atoms in total. The van der Waals surface area contributed by atoms with Gasteiger partial charge in [-0.3, -0.25) is 0 Å². The average Bonchev–Trinajstić information content (AvgIpc) is 3.02. The highest BCUT2D eigenvalue weighted by Crippen LogP contribution is 2.35. The first-order valence-corrected chi connectivity index (χ1v) is 8.15. The third-order valence-corrected chi connectivity index (χ3v) is 4.09. The van der Waals surface area contributed by atoms with Crippen molar-refractivity contribution in [1.29, 1.82) is 0 Å². The van der Waals surface area contributed by atoms with Crippen molar-refractivity contribution < 1.29 is 14.2 Å². The lowest BCUT2D eigenvalue weighted by molar-refractivity contribution is 0.0819. The average molecular weight is 337 g/mol. The van der Waals surface area contributed by atoms with Gasteiger partial charge < -0.3 is 14.2 Å². The molecule has 2 aromatic carbocycles. The second-order valence-electron chi connectivity index (χ2n) is 5.89. The molecule has 0 spiro atoms. The van der Waals surface area contributed by atoms with Crippen LogP contribution in [0.25, 0.3) is 0 Å². The van der Waals surface area contributed by atoms with Gasteiger partial charge >= 0.3 is 0 Å². The van der Waals surface area contributed by atoms with E-state index < -0.39 is 0 Å². The summed E-state index contributed by atoms with van der Waals surface area (Å²) in [6, 6.07) is 15.6. The molecular weight excluding hydrogens is 318 g/mol. The van der Waals surface area contributed by atoms with Gasteiger partial charge in [-0.15, -0.1) is 0 Å². The second-order valence-corrected chi connectivity index (χ2v) is 5.89. The van der Waals surface area contributed by atoms with Crippen molar-refractivity contribution in [3.05, 3.63) is 65.7 Å². The first-order chi connectivity index (χ1) is 12.2. The van der Waals surface area contributed by atoms with E-state index in [1.54, 1.807) is 7.11 Å². The van der Waals surface area contributed by atoms with Gasteiger partial charge in [-0.1, -0.05) is 24.3 Å². The highest BCUT2D eigenvalue weighted by Gasteiger charge is 2.27. The van der Waals surface area contributed by atoms with Gasteiger partial charge in [0.15, 0.2) is 23.4 Å². The number of para-hydroxylation sites is 2. The Kier molecular flexibility index (Phi) is 4.01. The molecule has 1 aromatic heterocycles. The summed E-state index contributed by atoms with van der Waals surface area (Å²) < 4.78 is 19.0. The summed E-state index contributed by atoms with van der Waals surface area (Å²) >= 11 is 0. The van der Waals surface area contributed by atoms with Crippen LogP contribution in [0.1, 0.15) is 23.3 Å². The van der Waals surface area contributed by atoms with E-state index in [0.29, 0.717) is 19.0 Å². The summed E-state index contributed by atoms with van der Waals surface area (Å²) in [5.74, 6) is 3.81. The third kappa shape index (κ3) is 3.15. The lowest BCUT2D eigenvalue weighted by Crippen LogP contribution is -2.25. The van der Waals surface area contributed by atoms with E-state index in [2.05, 4.69) is 10.1 Å². The van der Waals surface area contributed by atoms with Gasteiger partial charge in [-0.25, -0.2) is 9.67 Å². The monoisotopic (exact) mass is 337 g/mol. The fourth-order valence-corrected chi connectivity index (χ4v) is 2.88. The van der Waals surface area contributed by atoms with E-state index in [0.717, 1.165) is 28.6 Å². The van der Waals surface area contributed by atoms with E-state index in [9.17, 15) is 0 Å². The molecule has 0 aliphatic carbocycles. The van der Waals surface area contributed by atoms with E-state index in [-0.39, 0.29) is 6.10 Å². The summed E-state index contributed by atoms with van der Waals surface area (Å²) in [6.45, 7) is 2.91. The van der Waals surface area contributed by atoms with Gasteiger partial charge in [-0.2, -0.15) is 5.10 Å². The maximum atomic E-state index is 6.08. The molecule has 1 aliphatic heterocycles. The van der Waals surface area contributed by atoms with Gasteiger partial charge in [0.05, 0.1) is 13.7 Å². The molecule has 0 bridgehead atoms. The number of hydrogen-bond donors (Lipinski definition) is 0. The van der Waals surface area contributed by atoms with Gasteiger partial charge in [0.2, 0.25) is 0 Å². The van der Waals surface area contributed by atoms with Crippen LogP contribution in [0.5, 0.6) is 17.2 Å². The van der Waals surface area contributed by atoms with Crippen LogP contribution in [0.4, 0.5) is 0 Å². The Hall–Kier alpha value is -3.02. The molecule has 0 amide bonds. The van der Waals surface area contributed by atoms with Crippen molar-refractivity contribution in [3.63, 3.8) is 0 Å². The molecule has 1 unspecified atom stereocenters. The molecule has 0 N–H and O–H groups in total. The van der Waals surface area contributed by atoms with Gasteiger partial charge in [0.25, 0.3) is 0 Å². The number of benzene rings is 2. The number of ether oxygens (including phenoxy) is 3. The standard InChI is InChI=1S/C19H19N3O3/c1-13-20-19(18-12-24-16-5-3-4-6-17(16)25-18)22(21-13)11-14-7-9-15(23-2)10-8-14/h3-10,18H,11-12H2,1-2H3. The molecule has 3 aromatic rings. The topological polar surface area (TPSA) is 58.4 Å². The fourth-order valence-electron chi connectivity index (χ4n) is 2.88. The minimum atomic E-state index is -0.283. The van der Waals surface area contributed by atoms with Gasteiger partial charge in [0.1, 0.15) is 18.2 Å². The molecule has 25 heavy (non-hydrogen) atoms. The Labute approximate surface area is 146 Å². The van der Waals surface area contributed by atoms with Crippen molar-refractivity contribution in [2.24, 2.45) is 0 Å².